The highest BCUT2D eigenvalue weighted by atomic mass is 16.6. The summed E-state index contributed by atoms with van der Waals surface area (Å²) in [4.78, 5) is 48.0. The zero-order valence-corrected chi connectivity index (χ0v) is 20.1. The van der Waals surface area contributed by atoms with E-state index in [0.717, 1.165) is 22.3 Å². The van der Waals surface area contributed by atoms with Gasteiger partial charge in [0.05, 0.1) is 6.42 Å². The fourth-order valence-corrected chi connectivity index (χ4v) is 4.08. The summed E-state index contributed by atoms with van der Waals surface area (Å²) in [7, 11) is 0. The molecule has 3 rings (SSSR count). The quantitative estimate of drug-likeness (QED) is 0.471. The maximum absolute atomic E-state index is 12.3. The topological polar surface area (TPSA) is 137 Å². The molecule has 9 nitrogen and oxygen atoms in total. The molecule has 35 heavy (non-hydrogen) atoms. The second kappa shape index (κ2) is 11.0. The molecule has 186 valence electrons. The molecule has 1 atom stereocenters. The third-order valence-corrected chi connectivity index (χ3v) is 5.38. The Balaban J connectivity index is 1.50. The van der Waals surface area contributed by atoms with Crippen molar-refractivity contribution in [2.75, 3.05) is 13.2 Å². The molecule has 0 heterocycles. The number of nitrogens with one attached hydrogen (secondary N) is 2. The van der Waals surface area contributed by atoms with Gasteiger partial charge in [-0.15, -0.1) is 0 Å². The maximum atomic E-state index is 12.3. The number of rotatable bonds is 9. The van der Waals surface area contributed by atoms with E-state index in [-0.39, 0.29) is 31.9 Å². The Labute approximate surface area is 204 Å². The molecule has 0 aromatic heterocycles. The van der Waals surface area contributed by atoms with Gasteiger partial charge in [0.1, 0.15) is 18.8 Å². The summed E-state index contributed by atoms with van der Waals surface area (Å²) in [5, 5.41) is 4.93. The zero-order chi connectivity index (χ0) is 25.6. The van der Waals surface area contributed by atoms with Crippen LogP contribution in [0.2, 0.25) is 0 Å². The average molecular weight is 482 g/mol. The van der Waals surface area contributed by atoms with Crippen LogP contribution in [0.1, 0.15) is 50.7 Å². The van der Waals surface area contributed by atoms with Crippen LogP contribution in [-0.2, 0) is 23.9 Å². The first-order chi connectivity index (χ1) is 16.5. The number of nitrogens with two attached hydrogens (primary N) is 1. The number of hydrogen-bond donors (Lipinski definition) is 3. The van der Waals surface area contributed by atoms with Gasteiger partial charge in [-0.25, -0.2) is 4.79 Å². The van der Waals surface area contributed by atoms with Crippen LogP contribution >= 0.6 is 0 Å². The lowest BCUT2D eigenvalue weighted by Crippen LogP contribution is -2.45. The van der Waals surface area contributed by atoms with Crippen LogP contribution in [-0.4, -0.2) is 48.7 Å². The molecule has 0 unspecified atom stereocenters. The summed E-state index contributed by atoms with van der Waals surface area (Å²) in [6.45, 7) is 4.87. The minimum Gasteiger partial charge on any atom is -0.460 e. The molecule has 1 aliphatic rings. The SMILES string of the molecule is CC(C)(C)OC(=O)C[C@H](CC(N)=O)NC(=O)CNC(=O)OCC1c2ccccc2-c2ccccc21. The Morgan fingerprint density at radius 2 is 1.51 bits per heavy atom. The van der Waals surface area contributed by atoms with Crippen molar-refractivity contribution in [3.8, 4) is 11.1 Å². The van der Waals surface area contributed by atoms with E-state index in [1.807, 2.05) is 48.5 Å². The average Bonchev–Trinajstić information content (AvgIpc) is 3.08. The number of carbonyl (C=O) groups excluding carboxylic acids is 4. The van der Waals surface area contributed by atoms with Crippen molar-refractivity contribution in [3.63, 3.8) is 0 Å². The smallest absolute Gasteiger partial charge is 0.407 e. The van der Waals surface area contributed by atoms with Gasteiger partial charge in [0.2, 0.25) is 11.8 Å². The molecule has 0 saturated carbocycles. The van der Waals surface area contributed by atoms with Crippen molar-refractivity contribution in [1.82, 2.24) is 10.6 Å². The monoisotopic (exact) mass is 481 g/mol. The second-order valence-corrected chi connectivity index (χ2v) is 9.40. The van der Waals surface area contributed by atoms with E-state index >= 15 is 0 Å². The predicted molar refractivity (Wildman–Crippen MR) is 129 cm³/mol. The van der Waals surface area contributed by atoms with Crippen molar-refractivity contribution >= 4 is 23.9 Å². The largest absolute Gasteiger partial charge is 0.460 e. The Morgan fingerprint density at radius 3 is 2.06 bits per heavy atom. The lowest BCUT2D eigenvalue weighted by molar-refractivity contribution is -0.155. The molecule has 3 amide bonds. The van der Waals surface area contributed by atoms with Gasteiger partial charge in [0.15, 0.2) is 0 Å². The fourth-order valence-electron chi connectivity index (χ4n) is 4.08. The highest BCUT2D eigenvalue weighted by Crippen LogP contribution is 2.44. The minimum atomic E-state index is -0.848. The van der Waals surface area contributed by atoms with Crippen LogP contribution in [0.4, 0.5) is 4.79 Å². The van der Waals surface area contributed by atoms with Crippen LogP contribution < -0.4 is 16.4 Å². The van der Waals surface area contributed by atoms with E-state index in [9.17, 15) is 19.2 Å². The van der Waals surface area contributed by atoms with Crippen molar-refractivity contribution in [2.24, 2.45) is 5.73 Å². The summed E-state index contributed by atoms with van der Waals surface area (Å²) in [5.41, 5.74) is 8.91. The van der Waals surface area contributed by atoms with Crippen molar-refractivity contribution < 1.29 is 28.7 Å². The van der Waals surface area contributed by atoms with Gasteiger partial charge in [0.25, 0.3) is 0 Å². The maximum Gasteiger partial charge on any atom is 0.407 e. The van der Waals surface area contributed by atoms with E-state index in [2.05, 4.69) is 10.6 Å². The number of hydrogen-bond acceptors (Lipinski definition) is 6. The summed E-state index contributed by atoms with van der Waals surface area (Å²) in [6, 6.07) is 15.1. The third-order valence-electron chi connectivity index (χ3n) is 5.38. The van der Waals surface area contributed by atoms with Crippen LogP contribution in [0, 0.1) is 0 Å². The summed E-state index contributed by atoms with van der Waals surface area (Å²) in [5.74, 6) is -1.94. The Morgan fingerprint density at radius 1 is 0.943 bits per heavy atom. The van der Waals surface area contributed by atoms with Crippen LogP contribution in [0.25, 0.3) is 11.1 Å². The second-order valence-electron chi connectivity index (χ2n) is 9.40. The van der Waals surface area contributed by atoms with Gasteiger partial charge in [-0.1, -0.05) is 48.5 Å². The minimum absolute atomic E-state index is 0.101. The van der Waals surface area contributed by atoms with Gasteiger partial charge in [-0.05, 0) is 43.0 Å². The first kappa shape index (κ1) is 25.7. The van der Waals surface area contributed by atoms with Crippen molar-refractivity contribution in [3.05, 3.63) is 59.7 Å². The number of primary amides is 1. The highest BCUT2D eigenvalue weighted by molar-refractivity contribution is 5.84. The highest BCUT2D eigenvalue weighted by Gasteiger charge is 2.29. The van der Waals surface area contributed by atoms with Crippen LogP contribution in [0.5, 0.6) is 0 Å². The number of ether oxygens (including phenoxy) is 2. The molecule has 0 spiro atoms. The van der Waals surface area contributed by atoms with Crippen molar-refractivity contribution in [2.45, 2.75) is 51.2 Å². The first-order valence-corrected chi connectivity index (χ1v) is 11.4. The molecule has 0 aliphatic heterocycles. The van der Waals surface area contributed by atoms with Gasteiger partial charge >= 0.3 is 12.1 Å². The van der Waals surface area contributed by atoms with Crippen LogP contribution in [0.3, 0.4) is 0 Å². The standard InChI is InChI=1S/C26H31N3O6/c1-26(2,3)35-24(32)13-16(12-22(27)30)29-23(31)14-28-25(33)34-15-21-19-10-6-4-8-17(19)18-9-5-7-11-20(18)21/h4-11,16,21H,12-15H2,1-3H3,(H2,27,30)(H,28,33)(H,29,31)/t16-/m0/s1. The molecule has 2 aromatic rings. The molecule has 2 aromatic carbocycles. The molecule has 0 radical (unpaired) electrons. The van der Waals surface area contributed by atoms with Crippen LogP contribution in [0.15, 0.2) is 48.5 Å². The summed E-state index contributed by atoms with van der Waals surface area (Å²) < 4.78 is 10.6. The molecule has 0 saturated heterocycles. The molecule has 9 heteroatoms. The Kier molecular flexibility index (Phi) is 8.11. The van der Waals surface area contributed by atoms with E-state index in [1.54, 1.807) is 20.8 Å². The molecule has 0 bridgehead atoms. The van der Waals surface area contributed by atoms with Crippen molar-refractivity contribution in [1.29, 1.82) is 0 Å². The molecular weight excluding hydrogens is 450 g/mol. The first-order valence-electron chi connectivity index (χ1n) is 11.4. The molecular formula is C26H31N3O6. The third kappa shape index (κ3) is 7.30. The number of alkyl carbamates (subject to hydrolysis) is 1. The van der Waals surface area contributed by atoms with E-state index in [0.29, 0.717) is 0 Å². The van der Waals surface area contributed by atoms with Gasteiger partial charge in [0, 0.05) is 18.4 Å². The summed E-state index contributed by atoms with van der Waals surface area (Å²) in [6.07, 6.45) is -1.21. The normalized spacial score (nSPS) is 13.2. The van der Waals surface area contributed by atoms with Gasteiger partial charge < -0.3 is 25.8 Å². The number of fused-ring (bicyclic) bond motifs is 3. The van der Waals surface area contributed by atoms with E-state index in [1.165, 1.54) is 0 Å². The number of carbonyl (C=O) groups is 4. The predicted octanol–water partition coefficient (Wildman–Crippen LogP) is 2.62. The number of benzene rings is 2. The Bertz CT molecular complexity index is 1060. The van der Waals surface area contributed by atoms with Gasteiger partial charge in [-0.3, -0.25) is 14.4 Å². The molecule has 4 N–H and O–H groups in total. The fraction of sp³-hybridized carbons (Fsp3) is 0.385. The van der Waals surface area contributed by atoms with Gasteiger partial charge in [-0.2, -0.15) is 0 Å². The zero-order valence-electron chi connectivity index (χ0n) is 20.1. The lowest BCUT2D eigenvalue weighted by atomic mass is 9.98. The van der Waals surface area contributed by atoms with E-state index < -0.39 is 35.5 Å². The lowest BCUT2D eigenvalue weighted by Gasteiger charge is -2.22. The molecule has 0 fully saturated rings. The summed E-state index contributed by atoms with van der Waals surface area (Å²) >= 11 is 0. The Hall–Kier alpha value is -3.88. The van der Waals surface area contributed by atoms with E-state index in [4.69, 9.17) is 15.2 Å². The molecule has 1 aliphatic carbocycles. The number of esters is 1. The number of amides is 3.